The highest BCUT2D eigenvalue weighted by Crippen LogP contribution is 2.24. The van der Waals surface area contributed by atoms with Crippen LogP contribution in [0.3, 0.4) is 0 Å². The molecule has 1 aromatic rings. The van der Waals surface area contributed by atoms with E-state index in [-0.39, 0.29) is 7.43 Å². The summed E-state index contributed by atoms with van der Waals surface area (Å²) < 4.78 is 5.25. The molecule has 0 aromatic heterocycles. The summed E-state index contributed by atoms with van der Waals surface area (Å²) in [5, 5.41) is 0. The first-order chi connectivity index (χ1) is 7.22. The van der Waals surface area contributed by atoms with Crippen LogP contribution in [0.25, 0.3) is 0 Å². The monoisotopic (exact) mass is 224 g/mol. The predicted molar refractivity (Wildman–Crippen MR) is 70.6 cm³/mol. The van der Waals surface area contributed by atoms with Crippen molar-refractivity contribution in [1.82, 2.24) is 0 Å². The number of ether oxygens (including phenoxy) is 1. The van der Waals surface area contributed by atoms with E-state index in [1.165, 1.54) is 0 Å². The van der Waals surface area contributed by atoms with E-state index in [2.05, 4.69) is 0 Å². The van der Waals surface area contributed by atoms with Gasteiger partial charge in [0.15, 0.2) is 0 Å². The van der Waals surface area contributed by atoms with E-state index >= 15 is 0 Å². The Hall–Kier alpha value is -1.31. The zero-order valence-electron chi connectivity index (χ0n) is 10.3. The first-order valence-electron chi connectivity index (χ1n) is 5.35. The molecule has 16 heavy (non-hydrogen) atoms. The zero-order chi connectivity index (χ0) is 11.8. The number of methoxy groups -OCH3 is 1. The average molecular weight is 224 g/mol. The van der Waals surface area contributed by atoms with Gasteiger partial charge in [0, 0.05) is 5.56 Å². The van der Waals surface area contributed by atoms with Gasteiger partial charge in [-0.05, 0) is 36.6 Å². The van der Waals surface area contributed by atoms with Gasteiger partial charge in [-0.2, -0.15) is 0 Å². The molecule has 92 valence electrons. The van der Waals surface area contributed by atoms with Crippen LogP contribution in [-0.4, -0.2) is 13.4 Å². The smallest absolute Gasteiger partial charge is 0.150 e. The lowest BCUT2D eigenvalue weighted by molar-refractivity contribution is 0.112. The summed E-state index contributed by atoms with van der Waals surface area (Å²) in [5.41, 5.74) is 2.82. The number of rotatable bonds is 3. The molecule has 0 aliphatic heterocycles. The van der Waals surface area contributed by atoms with Gasteiger partial charge in [0.05, 0.1) is 7.11 Å². The number of aryl methyl sites for hydroxylation is 2. The number of benzene rings is 1. The Morgan fingerprint density at radius 2 is 1.88 bits per heavy atom. The Labute approximate surface area is 99.6 Å². The normalized spacial score (nSPS) is 8.31. The Morgan fingerprint density at radius 3 is 2.25 bits per heavy atom. The van der Waals surface area contributed by atoms with E-state index in [1.807, 2.05) is 39.8 Å². The quantitative estimate of drug-likeness (QED) is 0.724. The summed E-state index contributed by atoms with van der Waals surface area (Å²) in [6, 6.07) is 3.71. The van der Waals surface area contributed by atoms with Crippen LogP contribution in [0.15, 0.2) is 12.1 Å². The second-order valence-electron chi connectivity index (χ2n) is 3.00. The van der Waals surface area contributed by atoms with E-state index in [9.17, 15) is 4.79 Å². The van der Waals surface area contributed by atoms with Gasteiger partial charge in [-0.3, -0.25) is 4.79 Å². The van der Waals surface area contributed by atoms with Gasteiger partial charge in [-0.25, -0.2) is 0 Å². The largest absolute Gasteiger partial charge is 0.496 e. The second kappa shape index (κ2) is 8.96. The molecule has 0 N–H and O–H groups in total. The third kappa shape index (κ3) is 4.05. The van der Waals surface area contributed by atoms with E-state index in [0.717, 1.165) is 35.1 Å². The van der Waals surface area contributed by atoms with E-state index in [0.29, 0.717) is 0 Å². The van der Waals surface area contributed by atoms with Gasteiger partial charge in [0.25, 0.3) is 0 Å². The molecule has 0 spiro atoms. The van der Waals surface area contributed by atoms with Gasteiger partial charge >= 0.3 is 0 Å². The highest BCUT2D eigenvalue weighted by atomic mass is 16.5. The Morgan fingerprint density at radius 1 is 1.31 bits per heavy atom. The molecular formula is C14H24O2. The summed E-state index contributed by atoms with van der Waals surface area (Å²) in [6.45, 7) is 8.00. The van der Waals surface area contributed by atoms with Crippen molar-refractivity contribution in [1.29, 1.82) is 0 Å². The molecule has 1 rings (SSSR count). The summed E-state index contributed by atoms with van der Waals surface area (Å²) in [5.74, 6) is 0.896. The fourth-order valence-corrected chi connectivity index (χ4v) is 1.50. The minimum atomic E-state index is 0. The Bertz CT molecular complexity index is 317. The summed E-state index contributed by atoms with van der Waals surface area (Å²) in [4.78, 5) is 10.6. The standard InChI is InChI=1S/C11H14O2.C2H6.CH4/c1-4-10-6-9(7-12)5-8(2)11(10)13-3;1-2;/h5-7H,4H2,1-3H3;1-2H3;1H4. The van der Waals surface area contributed by atoms with Crippen molar-refractivity contribution in [2.24, 2.45) is 0 Å². The molecule has 0 bridgehead atoms. The van der Waals surface area contributed by atoms with Crippen molar-refractivity contribution < 1.29 is 9.53 Å². The van der Waals surface area contributed by atoms with Crippen molar-refractivity contribution in [2.45, 2.75) is 41.5 Å². The molecule has 2 heteroatoms. The maximum atomic E-state index is 10.6. The van der Waals surface area contributed by atoms with Crippen molar-refractivity contribution in [2.75, 3.05) is 7.11 Å². The number of carbonyl (C=O) groups excluding carboxylic acids is 1. The minimum Gasteiger partial charge on any atom is -0.496 e. The maximum Gasteiger partial charge on any atom is 0.150 e. The summed E-state index contributed by atoms with van der Waals surface area (Å²) in [6.07, 6.45) is 1.75. The van der Waals surface area contributed by atoms with E-state index < -0.39 is 0 Å². The van der Waals surface area contributed by atoms with Crippen LogP contribution < -0.4 is 4.74 Å². The third-order valence-electron chi connectivity index (χ3n) is 2.09. The molecule has 0 aliphatic carbocycles. The van der Waals surface area contributed by atoms with Crippen molar-refractivity contribution in [3.8, 4) is 5.75 Å². The van der Waals surface area contributed by atoms with Gasteiger partial charge < -0.3 is 4.74 Å². The lowest BCUT2D eigenvalue weighted by atomic mass is 10.0. The van der Waals surface area contributed by atoms with Crippen LogP contribution in [0.2, 0.25) is 0 Å². The SMILES string of the molecule is C.CC.CCc1cc(C=O)cc(C)c1OC. The summed E-state index contributed by atoms with van der Waals surface area (Å²) >= 11 is 0. The number of hydrogen-bond donors (Lipinski definition) is 0. The van der Waals surface area contributed by atoms with Crippen LogP contribution in [0.1, 0.15) is 49.7 Å². The first kappa shape index (κ1) is 17.1. The van der Waals surface area contributed by atoms with Crippen LogP contribution in [-0.2, 0) is 6.42 Å². The fourth-order valence-electron chi connectivity index (χ4n) is 1.50. The Balaban J connectivity index is 0. The van der Waals surface area contributed by atoms with Gasteiger partial charge in [0.2, 0.25) is 0 Å². The highest BCUT2D eigenvalue weighted by Gasteiger charge is 2.06. The average Bonchev–Trinajstić information content (AvgIpc) is 2.30. The molecule has 0 heterocycles. The number of carbonyl (C=O) groups is 1. The third-order valence-corrected chi connectivity index (χ3v) is 2.09. The second-order valence-corrected chi connectivity index (χ2v) is 3.00. The van der Waals surface area contributed by atoms with Gasteiger partial charge in [-0.15, -0.1) is 0 Å². The molecule has 0 radical (unpaired) electrons. The van der Waals surface area contributed by atoms with Crippen molar-refractivity contribution in [3.05, 3.63) is 28.8 Å². The fraction of sp³-hybridized carbons (Fsp3) is 0.500. The maximum absolute atomic E-state index is 10.6. The first-order valence-corrected chi connectivity index (χ1v) is 5.35. The zero-order valence-corrected chi connectivity index (χ0v) is 10.3. The topological polar surface area (TPSA) is 26.3 Å². The Kier molecular flexibility index (Phi) is 9.57. The van der Waals surface area contributed by atoms with Crippen LogP contribution in [0.4, 0.5) is 0 Å². The van der Waals surface area contributed by atoms with E-state index in [4.69, 9.17) is 4.74 Å². The molecule has 0 aliphatic rings. The van der Waals surface area contributed by atoms with Crippen molar-refractivity contribution in [3.63, 3.8) is 0 Å². The molecule has 0 unspecified atom stereocenters. The molecule has 2 nitrogen and oxygen atoms in total. The molecular weight excluding hydrogens is 200 g/mol. The number of aldehydes is 1. The molecule has 0 fully saturated rings. The molecule has 0 saturated heterocycles. The lowest BCUT2D eigenvalue weighted by Gasteiger charge is -2.10. The minimum absolute atomic E-state index is 0. The summed E-state index contributed by atoms with van der Waals surface area (Å²) in [7, 11) is 1.65. The molecule has 0 amide bonds. The van der Waals surface area contributed by atoms with Gasteiger partial charge in [-0.1, -0.05) is 28.2 Å². The van der Waals surface area contributed by atoms with Gasteiger partial charge in [0.1, 0.15) is 12.0 Å². The lowest BCUT2D eigenvalue weighted by Crippen LogP contribution is -1.95. The van der Waals surface area contributed by atoms with Crippen LogP contribution >= 0.6 is 0 Å². The molecule has 0 atom stereocenters. The predicted octanol–water partition coefficient (Wildman–Crippen LogP) is 4.04. The van der Waals surface area contributed by atoms with Crippen LogP contribution in [0.5, 0.6) is 5.75 Å². The molecule has 1 aromatic carbocycles. The van der Waals surface area contributed by atoms with Crippen molar-refractivity contribution >= 4 is 6.29 Å². The molecule has 0 saturated carbocycles. The van der Waals surface area contributed by atoms with Crippen LogP contribution in [0, 0.1) is 6.92 Å². The van der Waals surface area contributed by atoms with E-state index in [1.54, 1.807) is 7.11 Å². The number of hydrogen-bond acceptors (Lipinski definition) is 2. The highest BCUT2D eigenvalue weighted by molar-refractivity contribution is 5.76.